The predicted octanol–water partition coefficient (Wildman–Crippen LogP) is -3.57. The van der Waals surface area contributed by atoms with Gasteiger partial charge in [0.2, 0.25) is 10.0 Å². The fourth-order valence-corrected chi connectivity index (χ4v) is 1.70. The topological polar surface area (TPSA) is 92.7 Å². The van der Waals surface area contributed by atoms with E-state index in [1.807, 2.05) is 0 Å². The van der Waals surface area contributed by atoms with Crippen LogP contribution >= 0.6 is 12.2 Å². The molecular weight excluding hydrogens is 241 g/mol. The Morgan fingerprint density at radius 1 is 1.64 bits per heavy atom. The summed E-state index contributed by atoms with van der Waals surface area (Å²) < 4.78 is 28.1. The molecule has 0 unspecified atom stereocenters. The van der Waals surface area contributed by atoms with Gasteiger partial charge in [0.25, 0.3) is 5.17 Å². The summed E-state index contributed by atoms with van der Waals surface area (Å²) in [6.07, 6.45) is 0. The molecule has 14 heavy (non-hydrogen) atoms. The Morgan fingerprint density at radius 2 is 2.14 bits per heavy atom. The first-order valence-corrected chi connectivity index (χ1v) is 5.32. The van der Waals surface area contributed by atoms with E-state index < -0.39 is 21.7 Å². The first-order valence-electron chi connectivity index (χ1n) is 3.26. The fraction of sp³-hybridized carbons (Fsp3) is 0.600. The Morgan fingerprint density at radius 3 is 2.50 bits per heavy atom. The van der Waals surface area contributed by atoms with Gasteiger partial charge in [0.15, 0.2) is 5.75 Å². The van der Waals surface area contributed by atoms with Gasteiger partial charge in [0.1, 0.15) is 0 Å². The van der Waals surface area contributed by atoms with Crippen LogP contribution in [-0.2, 0) is 19.6 Å². The summed E-state index contributed by atoms with van der Waals surface area (Å²) in [5.74, 6) is -2.48. The van der Waals surface area contributed by atoms with Crippen LogP contribution in [0, 0.1) is 0 Å². The quantitative estimate of drug-likeness (QED) is 0.396. The summed E-state index contributed by atoms with van der Waals surface area (Å²) in [6.45, 7) is 1.84. The number of aliphatic carboxylic acids is 1. The van der Waals surface area contributed by atoms with Crippen LogP contribution in [0.5, 0.6) is 0 Å². The average Bonchev–Trinajstić information content (AvgIpc) is 1.81. The van der Waals surface area contributed by atoms with Crippen LogP contribution < -0.4 is 34.3 Å². The summed E-state index contributed by atoms with van der Waals surface area (Å²) in [7, 11) is -3.92. The minimum atomic E-state index is -3.92. The number of carboxylic acid groups (broad SMARTS) is 1. The van der Waals surface area contributed by atoms with Gasteiger partial charge in [0.05, 0.1) is 6.61 Å². The zero-order valence-electron chi connectivity index (χ0n) is 8.81. The first kappa shape index (κ1) is 16.5. The smallest absolute Gasteiger partial charge is 1.00 e. The third-order valence-corrected chi connectivity index (χ3v) is 2.30. The van der Waals surface area contributed by atoms with Gasteiger partial charge in [-0.05, 0) is 19.1 Å². The summed E-state index contributed by atoms with van der Waals surface area (Å²) in [4.78, 5) is 10.1. The first-order chi connectivity index (χ1) is 5.87. The maximum absolute atomic E-state index is 10.9. The third-order valence-electron chi connectivity index (χ3n) is 0.828. The molecule has 0 saturated heterocycles. The molecule has 0 radical (unpaired) electrons. The molecule has 0 aromatic rings. The van der Waals surface area contributed by atoms with Gasteiger partial charge in [-0.2, -0.15) is 0 Å². The number of carboxylic acids is 1. The van der Waals surface area contributed by atoms with Crippen LogP contribution in [-0.4, -0.2) is 37.0 Å². The molecule has 0 aliphatic rings. The standard InChI is InChI=1S/C5H9NO5S2.Na.H/c1-2-11-5(12)6-13(9,10)3-4(7)8;;/h2-3H2,1H3,(H,6,12)(H,7,8);;/q;+1;-1. The van der Waals surface area contributed by atoms with Crippen molar-refractivity contribution in [3.8, 4) is 0 Å². The van der Waals surface area contributed by atoms with E-state index in [4.69, 9.17) is 5.11 Å². The Bertz CT molecular complexity index is 307. The van der Waals surface area contributed by atoms with Gasteiger partial charge >= 0.3 is 35.5 Å². The largest absolute Gasteiger partial charge is 1.00 e. The van der Waals surface area contributed by atoms with E-state index >= 15 is 0 Å². The van der Waals surface area contributed by atoms with Crippen molar-refractivity contribution in [2.24, 2.45) is 0 Å². The molecule has 0 spiro atoms. The van der Waals surface area contributed by atoms with Gasteiger partial charge in [-0.1, -0.05) is 0 Å². The van der Waals surface area contributed by atoms with Crippen LogP contribution in [0.1, 0.15) is 8.35 Å². The second-order valence-electron chi connectivity index (χ2n) is 1.98. The van der Waals surface area contributed by atoms with Crippen molar-refractivity contribution in [1.29, 1.82) is 0 Å². The van der Waals surface area contributed by atoms with Gasteiger partial charge in [-0.15, -0.1) is 0 Å². The van der Waals surface area contributed by atoms with Crippen LogP contribution in [0.4, 0.5) is 0 Å². The van der Waals surface area contributed by atoms with Crippen molar-refractivity contribution in [3.63, 3.8) is 0 Å². The van der Waals surface area contributed by atoms with Crippen molar-refractivity contribution < 1.29 is 54.0 Å². The molecule has 78 valence electrons. The fourth-order valence-electron chi connectivity index (χ4n) is 0.486. The predicted molar refractivity (Wildman–Crippen MR) is 49.9 cm³/mol. The second kappa shape index (κ2) is 7.41. The molecule has 0 atom stereocenters. The zero-order chi connectivity index (χ0) is 10.5. The number of sulfonamides is 1. The number of thiocarbonyl (C=S) groups is 1. The van der Waals surface area contributed by atoms with Gasteiger partial charge in [0, 0.05) is 0 Å². The molecule has 0 aliphatic heterocycles. The van der Waals surface area contributed by atoms with E-state index in [1.54, 1.807) is 11.6 Å². The molecule has 9 heteroatoms. The number of hydrogen-bond donors (Lipinski definition) is 2. The third kappa shape index (κ3) is 8.70. The minimum absolute atomic E-state index is 0. The Kier molecular flexibility index (Phi) is 8.75. The molecule has 0 fully saturated rings. The molecule has 0 bridgehead atoms. The van der Waals surface area contributed by atoms with Crippen LogP contribution in [0.3, 0.4) is 0 Å². The average molecular weight is 251 g/mol. The van der Waals surface area contributed by atoms with Gasteiger partial charge in [-0.25, -0.2) is 13.1 Å². The molecular formula is C5H10NNaO5S2. The summed E-state index contributed by atoms with van der Waals surface area (Å²) >= 11 is 4.45. The Labute approximate surface area is 111 Å². The van der Waals surface area contributed by atoms with Crippen molar-refractivity contribution in [2.45, 2.75) is 6.92 Å². The molecule has 0 rings (SSSR count). The van der Waals surface area contributed by atoms with Crippen molar-refractivity contribution in [3.05, 3.63) is 0 Å². The molecule has 0 heterocycles. The maximum Gasteiger partial charge on any atom is 1.00 e. The number of rotatable bonds is 4. The van der Waals surface area contributed by atoms with E-state index in [0.717, 1.165) is 0 Å². The van der Waals surface area contributed by atoms with Crippen LogP contribution in [0.15, 0.2) is 0 Å². The van der Waals surface area contributed by atoms with E-state index in [9.17, 15) is 13.2 Å². The Hall–Kier alpha value is 0.110. The SMILES string of the molecule is CCOC(=S)NS(=O)(=O)CC(=O)O.[H-].[Na+]. The van der Waals surface area contributed by atoms with Crippen LogP contribution in [0.2, 0.25) is 0 Å². The minimum Gasteiger partial charge on any atom is -1.00 e. The van der Waals surface area contributed by atoms with E-state index in [1.165, 1.54) is 0 Å². The number of hydrogen-bond acceptors (Lipinski definition) is 5. The second-order valence-corrected chi connectivity index (χ2v) is 4.07. The monoisotopic (exact) mass is 251 g/mol. The maximum atomic E-state index is 10.9. The molecule has 0 saturated carbocycles. The van der Waals surface area contributed by atoms with Gasteiger partial charge < -0.3 is 11.3 Å². The molecule has 0 amide bonds. The Balaban J connectivity index is -0.000000720. The summed E-state index contributed by atoms with van der Waals surface area (Å²) in [6, 6.07) is 0. The number of ether oxygens (including phenoxy) is 1. The van der Waals surface area contributed by atoms with Crippen molar-refractivity contribution in [1.82, 2.24) is 4.72 Å². The van der Waals surface area contributed by atoms with E-state index in [2.05, 4.69) is 17.0 Å². The summed E-state index contributed by atoms with van der Waals surface area (Å²) in [5, 5.41) is 7.84. The molecule has 0 aliphatic carbocycles. The van der Waals surface area contributed by atoms with Gasteiger partial charge in [-0.3, -0.25) is 4.79 Å². The number of nitrogens with one attached hydrogen (secondary N) is 1. The molecule has 0 aromatic heterocycles. The van der Waals surface area contributed by atoms with E-state index in [-0.39, 0.29) is 42.8 Å². The molecule has 2 N–H and O–H groups in total. The molecule has 6 nitrogen and oxygen atoms in total. The number of carbonyl (C=O) groups is 1. The zero-order valence-corrected chi connectivity index (χ0v) is 11.4. The normalized spacial score (nSPS) is 9.79. The summed E-state index contributed by atoms with van der Waals surface area (Å²) in [5.41, 5.74) is 0. The van der Waals surface area contributed by atoms with Crippen LogP contribution in [0.25, 0.3) is 0 Å². The van der Waals surface area contributed by atoms with Crippen molar-refractivity contribution in [2.75, 3.05) is 12.4 Å². The molecule has 0 aromatic carbocycles. The van der Waals surface area contributed by atoms with E-state index in [0.29, 0.717) is 0 Å². The van der Waals surface area contributed by atoms with Crippen molar-refractivity contribution >= 4 is 33.4 Å².